The zero-order valence-electron chi connectivity index (χ0n) is 17.0. The highest BCUT2D eigenvalue weighted by molar-refractivity contribution is 6.52. The Morgan fingerprint density at radius 1 is 1.09 bits per heavy atom. The quantitative estimate of drug-likeness (QED) is 0.260. The summed E-state index contributed by atoms with van der Waals surface area (Å²) in [6.45, 7) is 1.86. The summed E-state index contributed by atoms with van der Waals surface area (Å²) >= 11 is 6.32. The number of fused-ring (bicyclic) bond motifs is 1. The van der Waals surface area contributed by atoms with Crippen LogP contribution in [-0.2, 0) is 9.59 Å². The number of nitrogens with zero attached hydrogens (tertiary/aromatic N) is 2. The third kappa shape index (κ3) is 3.08. The number of aryl methyl sites for hydroxylation is 1. The summed E-state index contributed by atoms with van der Waals surface area (Å²) in [6, 6.07) is 15.3. The van der Waals surface area contributed by atoms with Crippen LogP contribution in [0, 0.1) is 6.92 Å². The van der Waals surface area contributed by atoms with Crippen molar-refractivity contribution in [3.8, 4) is 0 Å². The lowest BCUT2D eigenvalue weighted by molar-refractivity contribution is -0.132. The third-order valence-electron chi connectivity index (χ3n) is 5.74. The number of rotatable bonds is 3. The number of hydrogen-bond donors (Lipinski definition) is 2. The van der Waals surface area contributed by atoms with Gasteiger partial charge in [0.1, 0.15) is 5.76 Å². The summed E-state index contributed by atoms with van der Waals surface area (Å²) in [6.07, 6.45) is 4.81. The number of halogens is 1. The third-order valence-corrected chi connectivity index (χ3v) is 6.15. The minimum Gasteiger partial charge on any atom is -0.507 e. The van der Waals surface area contributed by atoms with Crippen LogP contribution in [0.1, 0.15) is 22.7 Å². The number of hydrogen-bond acceptors (Lipinski definition) is 4. The van der Waals surface area contributed by atoms with Crippen LogP contribution in [0.4, 0.5) is 5.69 Å². The van der Waals surface area contributed by atoms with Gasteiger partial charge in [-0.3, -0.25) is 19.5 Å². The Morgan fingerprint density at radius 2 is 1.84 bits per heavy atom. The van der Waals surface area contributed by atoms with Crippen LogP contribution in [0.25, 0.3) is 16.7 Å². The number of H-pyrrole nitrogens is 1. The lowest BCUT2D eigenvalue weighted by Gasteiger charge is -2.25. The Morgan fingerprint density at radius 3 is 2.59 bits per heavy atom. The van der Waals surface area contributed by atoms with Gasteiger partial charge in [0.25, 0.3) is 11.7 Å². The Hall–Kier alpha value is -3.90. The van der Waals surface area contributed by atoms with Crippen molar-refractivity contribution in [3.63, 3.8) is 0 Å². The molecule has 0 spiro atoms. The zero-order chi connectivity index (χ0) is 22.4. The molecule has 1 saturated heterocycles. The van der Waals surface area contributed by atoms with E-state index in [1.54, 1.807) is 48.9 Å². The number of carbonyl (C=O) groups is 2. The molecule has 1 atom stereocenters. The lowest BCUT2D eigenvalue weighted by atomic mass is 9.95. The van der Waals surface area contributed by atoms with E-state index in [2.05, 4.69) is 9.97 Å². The number of carbonyl (C=O) groups excluding carboxylic acids is 2. The van der Waals surface area contributed by atoms with Crippen molar-refractivity contribution in [1.82, 2.24) is 9.97 Å². The molecule has 0 radical (unpaired) electrons. The molecular formula is C25H18ClN3O3. The number of amides is 1. The average molecular weight is 444 g/mol. The standard InChI is InChI=1S/C25H18ClN3O3/c1-14-6-7-16(12-19(14)26)29-22(15-8-10-27-11-9-15)21(24(31)25(29)32)23(30)18-13-28-20-5-3-2-4-17(18)20/h2-13,22,28,30H,1H3/b23-21-. The van der Waals surface area contributed by atoms with Crippen LogP contribution in [0.2, 0.25) is 5.02 Å². The predicted molar refractivity (Wildman–Crippen MR) is 124 cm³/mol. The summed E-state index contributed by atoms with van der Waals surface area (Å²) in [7, 11) is 0. The van der Waals surface area contributed by atoms with Crippen LogP contribution in [-0.4, -0.2) is 26.8 Å². The van der Waals surface area contributed by atoms with Gasteiger partial charge in [-0.05, 0) is 48.4 Å². The maximum absolute atomic E-state index is 13.2. The van der Waals surface area contributed by atoms with Crippen molar-refractivity contribution in [2.24, 2.45) is 0 Å². The molecule has 1 fully saturated rings. The molecular weight excluding hydrogens is 426 g/mol. The molecule has 0 bridgehead atoms. The molecule has 2 aromatic heterocycles. The first-order valence-corrected chi connectivity index (χ1v) is 10.4. The number of aliphatic hydroxyl groups is 1. The Bertz CT molecular complexity index is 1410. The van der Waals surface area contributed by atoms with Crippen LogP contribution in [0.3, 0.4) is 0 Å². The number of pyridine rings is 1. The molecule has 1 aliphatic heterocycles. The van der Waals surface area contributed by atoms with E-state index in [4.69, 9.17) is 11.6 Å². The molecule has 2 N–H and O–H groups in total. The fraction of sp³-hybridized carbons (Fsp3) is 0.0800. The minimum absolute atomic E-state index is 0.0163. The number of para-hydroxylation sites is 1. The van der Waals surface area contributed by atoms with E-state index in [1.807, 2.05) is 31.2 Å². The van der Waals surface area contributed by atoms with Crippen molar-refractivity contribution in [2.45, 2.75) is 13.0 Å². The number of anilines is 1. The first kappa shape index (κ1) is 20.0. The Kier molecular flexibility index (Phi) is 4.79. The molecule has 1 unspecified atom stereocenters. The predicted octanol–water partition coefficient (Wildman–Crippen LogP) is 5.15. The molecule has 5 rings (SSSR count). The smallest absolute Gasteiger partial charge is 0.300 e. The van der Waals surface area contributed by atoms with Gasteiger partial charge >= 0.3 is 0 Å². The van der Waals surface area contributed by atoms with Crippen LogP contribution in [0.5, 0.6) is 0 Å². The number of aromatic amines is 1. The molecule has 1 amide bonds. The molecule has 4 aromatic rings. The van der Waals surface area contributed by atoms with Crippen LogP contribution >= 0.6 is 11.6 Å². The normalized spacial score (nSPS) is 17.9. The number of aliphatic hydroxyl groups excluding tert-OH is 1. The van der Waals surface area contributed by atoms with E-state index < -0.39 is 17.7 Å². The van der Waals surface area contributed by atoms with Crippen molar-refractivity contribution in [3.05, 3.63) is 100 Å². The van der Waals surface area contributed by atoms with Crippen LogP contribution < -0.4 is 4.90 Å². The van der Waals surface area contributed by atoms with Gasteiger partial charge in [0, 0.05) is 45.8 Å². The molecule has 6 nitrogen and oxygen atoms in total. The van der Waals surface area contributed by atoms with Gasteiger partial charge in [-0.1, -0.05) is 35.9 Å². The SMILES string of the molecule is Cc1ccc(N2C(=O)C(=O)/C(=C(\O)c3c[nH]c4ccccc34)C2c2ccncc2)cc1Cl. The van der Waals surface area contributed by atoms with Gasteiger partial charge in [0.05, 0.1) is 11.6 Å². The van der Waals surface area contributed by atoms with Gasteiger partial charge in [-0.2, -0.15) is 0 Å². The lowest BCUT2D eigenvalue weighted by Crippen LogP contribution is -2.29. The van der Waals surface area contributed by atoms with Gasteiger partial charge in [-0.25, -0.2) is 0 Å². The molecule has 32 heavy (non-hydrogen) atoms. The second-order valence-corrected chi connectivity index (χ2v) is 8.04. The number of aromatic nitrogens is 2. The maximum Gasteiger partial charge on any atom is 0.300 e. The fourth-order valence-electron chi connectivity index (χ4n) is 4.10. The highest BCUT2D eigenvalue weighted by Crippen LogP contribution is 2.43. The summed E-state index contributed by atoms with van der Waals surface area (Å²) in [5.74, 6) is -1.72. The molecule has 0 saturated carbocycles. The van der Waals surface area contributed by atoms with Gasteiger partial charge < -0.3 is 10.1 Å². The van der Waals surface area contributed by atoms with Crippen molar-refractivity contribution in [1.29, 1.82) is 0 Å². The first-order chi connectivity index (χ1) is 15.5. The number of ketones is 1. The first-order valence-electron chi connectivity index (χ1n) is 10.0. The van der Waals surface area contributed by atoms with Crippen molar-refractivity contribution in [2.75, 3.05) is 4.90 Å². The molecule has 0 aliphatic carbocycles. The number of Topliss-reactive ketones (excluding diaryl/α,β-unsaturated/α-hetero) is 1. The van der Waals surface area contributed by atoms with E-state index in [1.165, 1.54) is 4.90 Å². The summed E-state index contributed by atoms with van der Waals surface area (Å²) < 4.78 is 0. The second kappa shape index (κ2) is 7.66. The Balaban J connectivity index is 1.76. The van der Waals surface area contributed by atoms with Crippen molar-refractivity contribution < 1.29 is 14.7 Å². The van der Waals surface area contributed by atoms with E-state index in [0.717, 1.165) is 16.5 Å². The molecule has 7 heteroatoms. The molecule has 2 aromatic carbocycles. The highest BCUT2D eigenvalue weighted by Gasteiger charge is 2.47. The van der Waals surface area contributed by atoms with Crippen LogP contribution in [0.15, 0.2) is 78.8 Å². The van der Waals surface area contributed by atoms with E-state index in [9.17, 15) is 14.7 Å². The monoisotopic (exact) mass is 443 g/mol. The van der Waals surface area contributed by atoms with Gasteiger partial charge in [0.2, 0.25) is 0 Å². The van der Waals surface area contributed by atoms with E-state index in [-0.39, 0.29) is 11.3 Å². The van der Waals surface area contributed by atoms with E-state index in [0.29, 0.717) is 21.8 Å². The second-order valence-electron chi connectivity index (χ2n) is 7.63. The topological polar surface area (TPSA) is 86.3 Å². The minimum atomic E-state index is -0.828. The number of benzene rings is 2. The molecule has 158 valence electrons. The highest BCUT2D eigenvalue weighted by atomic mass is 35.5. The summed E-state index contributed by atoms with van der Waals surface area (Å²) in [4.78, 5) is 35.0. The Labute approximate surface area is 188 Å². The average Bonchev–Trinajstić information content (AvgIpc) is 3.35. The summed E-state index contributed by atoms with van der Waals surface area (Å²) in [5, 5.41) is 12.5. The molecule has 1 aliphatic rings. The largest absolute Gasteiger partial charge is 0.507 e. The van der Waals surface area contributed by atoms with Gasteiger partial charge in [-0.15, -0.1) is 0 Å². The van der Waals surface area contributed by atoms with E-state index >= 15 is 0 Å². The summed E-state index contributed by atoms with van der Waals surface area (Å²) in [5.41, 5.74) is 3.27. The van der Waals surface area contributed by atoms with Crippen molar-refractivity contribution >= 4 is 45.6 Å². The number of nitrogens with one attached hydrogen (secondary N) is 1. The molecule has 3 heterocycles. The fourth-order valence-corrected chi connectivity index (χ4v) is 4.28. The maximum atomic E-state index is 13.2. The zero-order valence-corrected chi connectivity index (χ0v) is 17.8. The van der Waals surface area contributed by atoms with Gasteiger partial charge in [0.15, 0.2) is 0 Å².